The van der Waals surface area contributed by atoms with Gasteiger partial charge < -0.3 is 15.0 Å². The van der Waals surface area contributed by atoms with E-state index in [9.17, 15) is 0 Å². The van der Waals surface area contributed by atoms with Crippen molar-refractivity contribution in [2.45, 2.75) is 35.4 Å². The van der Waals surface area contributed by atoms with Crippen LogP contribution < -0.4 is 10.5 Å². The van der Waals surface area contributed by atoms with Crippen molar-refractivity contribution in [2.75, 3.05) is 7.11 Å². The molecule has 106 valence electrons. The Hall–Kier alpha value is -1.53. The molecule has 0 unspecified atom stereocenters. The van der Waals surface area contributed by atoms with E-state index in [1.165, 1.54) is 0 Å². The van der Waals surface area contributed by atoms with Gasteiger partial charge in [0.1, 0.15) is 5.75 Å². The summed E-state index contributed by atoms with van der Waals surface area (Å²) in [5.41, 5.74) is 5.82. The molecule has 0 radical (unpaired) electrons. The maximum atomic E-state index is 6.17. The third kappa shape index (κ3) is 2.66. The quantitative estimate of drug-likeness (QED) is 0.854. The van der Waals surface area contributed by atoms with Gasteiger partial charge in [-0.2, -0.15) is 4.98 Å². The molecule has 2 aromatic rings. The zero-order valence-corrected chi connectivity index (χ0v) is 12.2. The maximum Gasteiger partial charge on any atom is 0.237 e. The van der Waals surface area contributed by atoms with Gasteiger partial charge in [-0.1, -0.05) is 11.2 Å². The van der Waals surface area contributed by atoms with Crippen LogP contribution in [0.3, 0.4) is 0 Å². The van der Waals surface area contributed by atoms with Crippen LogP contribution in [0.1, 0.15) is 31.0 Å². The topological polar surface area (TPSA) is 74.2 Å². The van der Waals surface area contributed by atoms with Gasteiger partial charge in [-0.25, -0.2) is 0 Å². The van der Waals surface area contributed by atoms with Gasteiger partial charge in [0.15, 0.2) is 5.82 Å². The van der Waals surface area contributed by atoms with E-state index < -0.39 is 0 Å². The normalized spacial score (nSPS) is 16.7. The molecule has 0 aliphatic heterocycles. The van der Waals surface area contributed by atoms with Crippen LogP contribution in [0.4, 0.5) is 0 Å². The van der Waals surface area contributed by atoms with Gasteiger partial charge in [-0.05, 0) is 37.5 Å². The van der Waals surface area contributed by atoms with E-state index in [4.69, 9.17) is 15.0 Å². The first kappa shape index (κ1) is 13.5. The van der Waals surface area contributed by atoms with Crippen LogP contribution >= 0.6 is 11.8 Å². The average Bonchev–Trinajstić information content (AvgIpc) is 2.92. The molecule has 1 aliphatic carbocycles. The predicted molar refractivity (Wildman–Crippen MR) is 76.6 cm³/mol. The van der Waals surface area contributed by atoms with Crippen LogP contribution in [0.25, 0.3) is 0 Å². The molecule has 20 heavy (non-hydrogen) atoms. The lowest BCUT2D eigenvalue weighted by molar-refractivity contribution is 0.229. The minimum Gasteiger partial charge on any atom is -0.497 e. The Morgan fingerprint density at radius 2 is 2.30 bits per heavy atom. The number of aromatic nitrogens is 2. The van der Waals surface area contributed by atoms with Gasteiger partial charge in [0, 0.05) is 4.90 Å². The van der Waals surface area contributed by atoms with Crippen molar-refractivity contribution >= 4 is 11.8 Å². The van der Waals surface area contributed by atoms with Crippen molar-refractivity contribution in [2.24, 2.45) is 5.73 Å². The Bertz CT molecular complexity index is 596. The van der Waals surface area contributed by atoms with Crippen LogP contribution in [0, 0.1) is 0 Å². The number of nitrogens with zero attached hydrogens (tertiary/aromatic N) is 2. The van der Waals surface area contributed by atoms with Crippen LogP contribution in [0.5, 0.6) is 5.75 Å². The van der Waals surface area contributed by atoms with E-state index in [0.29, 0.717) is 17.5 Å². The lowest BCUT2D eigenvalue weighted by Crippen LogP contribution is -2.44. The fraction of sp³-hybridized carbons (Fsp3) is 0.429. The number of thioether (sulfide) groups is 1. The highest BCUT2D eigenvalue weighted by atomic mass is 32.2. The third-order valence-corrected chi connectivity index (χ3v) is 4.54. The molecule has 1 heterocycles. The van der Waals surface area contributed by atoms with Gasteiger partial charge in [-0.15, -0.1) is 11.8 Å². The number of nitrogens with two attached hydrogens (primary N) is 1. The molecule has 0 atom stereocenters. The molecule has 1 aromatic heterocycles. The molecule has 1 aliphatic rings. The molecule has 0 spiro atoms. The van der Waals surface area contributed by atoms with Crippen molar-refractivity contribution in [1.82, 2.24) is 10.1 Å². The number of rotatable bonds is 5. The van der Waals surface area contributed by atoms with Crippen LogP contribution in [0.2, 0.25) is 0 Å². The van der Waals surface area contributed by atoms with Gasteiger partial charge in [0.2, 0.25) is 5.89 Å². The lowest BCUT2D eigenvalue weighted by atomic mass is 9.77. The lowest BCUT2D eigenvalue weighted by Gasteiger charge is -2.34. The highest BCUT2D eigenvalue weighted by Crippen LogP contribution is 2.37. The SMILES string of the molecule is COc1cccc(SCc2nc(C3(N)CCC3)no2)c1. The highest BCUT2D eigenvalue weighted by molar-refractivity contribution is 7.98. The second-order valence-electron chi connectivity index (χ2n) is 4.99. The Balaban J connectivity index is 1.63. The zero-order chi connectivity index (χ0) is 14.0. The number of ether oxygens (including phenoxy) is 1. The summed E-state index contributed by atoms with van der Waals surface area (Å²) in [4.78, 5) is 5.51. The van der Waals surface area contributed by atoms with Crippen molar-refractivity contribution in [3.8, 4) is 5.75 Å². The van der Waals surface area contributed by atoms with Crippen LogP contribution in [-0.4, -0.2) is 17.3 Å². The molecule has 3 rings (SSSR count). The average molecular weight is 291 g/mol. The van der Waals surface area contributed by atoms with E-state index in [-0.39, 0.29) is 5.54 Å². The molecule has 0 bridgehead atoms. The molecule has 0 saturated heterocycles. The largest absolute Gasteiger partial charge is 0.497 e. The minimum atomic E-state index is -0.359. The van der Waals surface area contributed by atoms with Crippen molar-refractivity contribution < 1.29 is 9.26 Å². The number of benzene rings is 1. The first-order valence-electron chi connectivity index (χ1n) is 6.58. The first-order chi connectivity index (χ1) is 9.69. The van der Waals surface area contributed by atoms with E-state index >= 15 is 0 Å². The summed E-state index contributed by atoms with van der Waals surface area (Å²) in [6.07, 6.45) is 3.02. The monoisotopic (exact) mass is 291 g/mol. The van der Waals surface area contributed by atoms with Crippen LogP contribution in [-0.2, 0) is 11.3 Å². The summed E-state index contributed by atoms with van der Waals surface area (Å²) < 4.78 is 10.5. The smallest absolute Gasteiger partial charge is 0.237 e. The van der Waals surface area contributed by atoms with E-state index in [2.05, 4.69) is 10.1 Å². The highest BCUT2D eigenvalue weighted by Gasteiger charge is 2.38. The number of hydrogen-bond donors (Lipinski definition) is 1. The van der Waals surface area contributed by atoms with E-state index in [0.717, 1.165) is 29.9 Å². The van der Waals surface area contributed by atoms with Crippen LogP contribution in [0.15, 0.2) is 33.7 Å². The first-order valence-corrected chi connectivity index (χ1v) is 7.57. The molecular weight excluding hydrogens is 274 g/mol. The molecule has 1 aromatic carbocycles. The zero-order valence-electron chi connectivity index (χ0n) is 11.3. The Kier molecular flexibility index (Phi) is 3.67. The third-order valence-electron chi connectivity index (χ3n) is 3.56. The fourth-order valence-corrected chi connectivity index (χ4v) is 2.91. The van der Waals surface area contributed by atoms with E-state index in [1.54, 1.807) is 18.9 Å². The molecule has 0 amide bonds. The van der Waals surface area contributed by atoms with Gasteiger partial charge in [0.25, 0.3) is 0 Å². The molecular formula is C14H17N3O2S. The molecule has 1 fully saturated rings. The number of methoxy groups -OCH3 is 1. The summed E-state index contributed by atoms with van der Waals surface area (Å²) in [5, 5.41) is 4.01. The van der Waals surface area contributed by atoms with Gasteiger partial charge in [0.05, 0.1) is 18.4 Å². The van der Waals surface area contributed by atoms with Crippen molar-refractivity contribution in [3.05, 3.63) is 36.0 Å². The molecule has 2 N–H and O–H groups in total. The standard InChI is InChI=1S/C14H17N3O2S/c1-18-10-4-2-5-11(8-10)20-9-12-16-13(17-19-12)14(15)6-3-7-14/h2,4-5,8H,3,6-7,9,15H2,1H3. The molecule has 1 saturated carbocycles. The predicted octanol–water partition coefficient (Wildman–Crippen LogP) is 2.71. The molecule has 5 nitrogen and oxygen atoms in total. The summed E-state index contributed by atoms with van der Waals surface area (Å²) in [6.45, 7) is 0. The summed E-state index contributed by atoms with van der Waals surface area (Å²) in [7, 11) is 1.66. The Morgan fingerprint density at radius 3 is 3.00 bits per heavy atom. The van der Waals surface area contributed by atoms with Crippen molar-refractivity contribution in [3.63, 3.8) is 0 Å². The maximum absolute atomic E-state index is 6.17. The van der Waals surface area contributed by atoms with Crippen molar-refractivity contribution in [1.29, 1.82) is 0 Å². The summed E-state index contributed by atoms with van der Waals surface area (Å²) >= 11 is 1.64. The summed E-state index contributed by atoms with van der Waals surface area (Å²) in [6, 6.07) is 7.90. The second kappa shape index (κ2) is 5.46. The number of hydrogen-bond acceptors (Lipinski definition) is 6. The van der Waals surface area contributed by atoms with Gasteiger partial charge in [-0.3, -0.25) is 0 Å². The van der Waals surface area contributed by atoms with E-state index in [1.807, 2.05) is 24.3 Å². The Morgan fingerprint density at radius 1 is 1.45 bits per heavy atom. The minimum absolute atomic E-state index is 0.359. The molecule has 6 heteroatoms. The summed E-state index contributed by atoms with van der Waals surface area (Å²) in [5.74, 6) is 2.74. The Labute approximate surface area is 121 Å². The van der Waals surface area contributed by atoms with Gasteiger partial charge >= 0.3 is 0 Å². The fourth-order valence-electron chi connectivity index (χ4n) is 2.13. The second-order valence-corrected chi connectivity index (χ2v) is 6.04.